The van der Waals surface area contributed by atoms with Gasteiger partial charge in [-0.05, 0) is 152 Å². The number of benzene rings is 5. The first-order valence-corrected chi connectivity index (χ1v) is 42.9. The van der Waals surface area contributed by atoms with Gasteiger partial charge in [0.1, 0.15) is 30.2 Å². The van der Waals surface area contributed by atoms with E-state index in [0.717, 1.165) is 102 Å². The minimum atomic E-state index is -6.19. The molecule has 5 aliphatic rings. The maximum atomic E-state index is 14.6. The van der Waals surface area contributed by atoms with Crippen LogP contribution in [0.25, 0.3) is 16.0 Å². The molecule has 1 aliphatic carbocycles. The predicted molar refractivity (Wildman–Crippen MR) is 426 cm³/mol. The number of allylic oxidation sites excluding steroid dienone is 1. The summed E-state index contributed by atoms with van der Waals surface area (Å²) in [7, 11) is -11.1. The lowest BCUT2D eigenvalue weighted by Crippen LogP contribution is -2.58. The van der Waals surface area contributed by atoms with Crippen LogP contribution in [0.5, 0.6) is 0 Å². The molecule has 11 rings (SSSR count). The van der Waals surface area contributed by atoms with Crippen LogP contribution in [0.3, 0.4) is 0 Å². The van der Waals surface area contributed by atoms with E-state index in [-0.39, 0.29) is 68.1 Å². The van der Waals surface area contributed by atoms with Crippen molar-refractivity contribution in [3.05, 3.63) is 159 Å². The van der Waals surface area contributed by atoms with Crippen molar-refractivity contribution in [2.45, 2.75) is 150 Å². The lowest BCUT2D eigenvalue weighted by atomic mass is 9.72. The number of thioether (sulfide) groups is 1. The van der Waals surface area contributed by atoms with Gasteiger partial charge in [0.15, 0.2) is 0 Å². The third-order valence-corrected chi connectivity index (χ3v) is 26.5. The average molecular weight is 1630 g/mol. The SMILES string of the molecule is Cc1ncsc1-c1ccc([C@H](C)NC(=O)[C@@H]2C[C@@H](O)CN2C(=O)[C@@H](NC(=O)COCCNCCOCC(=O)N2CCN(CC[C@H](CSc3ccccc3)Nc3ccc(S(=O)(=O)NC(=O)c4ccc5c(c4)CCC4CN(CC6=C(c7ccc(Cl)cc7)CCC(C)(C)C6)CCN54)cc3S(=O)(=O)C(F)(F)F)CC2)C(C)(C)C)cc1. The van der Waals surface area contributed by atoms with Gasteiger partial charge < -0.3 is 50.5 Å². The zero-order valence-corrected chi connectivity index (χ0v) is 67.8. The van der Waals surface area contributed by atoms with Crippen LogP contribution < -0.4 is 30.9 Å². The highest BCUT2D eigenvalue weighted by Crippen LogP contribution is 2.44. The Morgan fingerprint density at radius 1 is 0.811 bits per heavy atom. The van der Waals surface area contributed by atoms with Crippen molar-refractivity contribution < 1.29 is 68.6 Å². The summed E-state index contributed by atoms with van der Waals surface area (Å²) in [6.07, 6.45) is 3.91. The Bertz CT molecular complexity index is 4540. The van der Waals surface area contributed by atoms with Gasteiger partial charge in [0.2, 0.25) is 23.6 Å². The second-order valence-electron chi connectivity index (χ2n) is 31.1. The molecule has 5 amide bonds. The zero-order chi connectivity index (χ0) is 79.6. The van der Waals surface area contributed by atoms with Crippen LogP contribution in [0.1, 0.15) is 119 Å². The van der Waals surface area contributed by atoms with Gasteiger partial charge in [-0.15, -0.1) is 23.1 Å². The Morgan fingerprint density at radius 3 is 2.19 bits per heavy atom. The van der Waals surface area contributed by atoms with Crippen LogP contribution >= 0.6 is 34.7 Å². The third kappa shape index (κ3) is 21.9. The Kier molecular flexibility index (Phi) is 28.0. The van der Waals surface area contributed by atoms with Crippen LogP contribution in [0.2, 0.25) is 5.02 Å². The molecule has 5 aromatic carbocycles. The number of aromatic nitrogens is 1. The summed E-state index contributed by atoms with van der Waals surface area (Å²) in [5.74, 6) is -2.46. The van der Waals surface area contributed by atoms with Gasteiger partial charge in [-0.1, -0.05) is 106 Å². The highest BCUT2D eigenvalue weighted by molar-refractivity contribution is 7.99. The molecule has 23 nitrogen and oxygen atoms in total. The van der Waals surface area contributed by atoms with E-state index in [1.807, 2.05) is 85.3 Å². The number of halogens is 4. The second-order valence-corrected chi connectivity index (χ2v) is 37.1. The molecule has 0 bridgehead atoms. The van der Waals surface area contributed by atoms with Gasteiger partial charge in [-0.3, -0.25) is 33.8 Å². The van der Waals surface area contributed by atoms with E-state index in [4.69, 9.17) is 21.1 Å². The summed E-state index contributed by atoms with van der Waals surface area (Å²) in [5, 5.41) is 23.4. The number of β-amino-alcohol motifs (C(OH)–C–C–N with tert-alkyl or cyclic N) is 1. The number of aliphatic hydroxyl groups is 1. The minimum absolute atomic E-state index is 0.0145. The molecule has 111 heavy (non-hydrogen) atoms. The lowest BCUT2D eigenvalue weighted by molar-refractivity contribution is -0.144. The van der Waals surface area contributed by atoms with Crippen LogP contribution in [0.15, 0.2) is 141 Å². The van der Waals surface area contributed by atoms with Crippen molar-refractivity contribution in [1.29, 1.82) is 0 Å². The number of alkyl halides is 3. The fraction of sp³-hybridized carbons (Fsp3) is 0.500. The number of sulfone groups is 1. The number of thiazole rings is 1. The van der Waals surface area contributed by atoms with Crippen LogP contribution in [0, 0.1) is 17.8 Å². The molecule has 0 radical (unpaired) electrons. The van der Waals surface area contributed by atoms with Gasteiger partial charge >= 0.3 is 5.51 Å². The van der Waals surface area contributed by atoms with Crippen molar-refractivity contribution in [3.63, 3.8) is 0 Å². The van der Waals surface area contributed by atoms with E-state index in [0.29, 0.717) is 69.7 Å². The number of carbonyl (C=O) groups excluding carboxylic acids is 5. The van der Waals surface area contributed by atoms with Crippen LogP contribution in [-0.2, 0) is 54.9 Å². The molecule has 6 atom stereocenters. The maximum absolute atomic E-state index is 14.6. The van der Waals surface area contributed by atoms with E-state index >= 15 is 0 Å². The zero-order valence-electron chi connectivity index (χ0n) is 63.7. The maximum Gasteiger partial charge on any atom is 0.501 e. The summed E-state index contributed by atoms with van der Waals surface area (Å²) in [6, 6.07) is 29.6. The van der Waals surface area contributed by atoms with Crippen LogP contribution in [-0.4, -0.2) is 223 Å². The molecule has 31 heteroatoms. The number of aliphatic hydroxyl groups excluding tert-OH is 1. The number of aryl methyl sites for hydroxylation is 2. The molecule has 1 aromatic heterocycles. The van der Waals surface area contributed by atoms with Crippen molar-refractivity contribution in [2.75, 3.05) is 121 Å². The number of likely N-dealkylation sites (tertiary alicyclic amines) is 1. The number of fused-ring (bicyclic) bond motifs is 3. The van der Waals surface area contributed by atoms with E-state index in [1.165, 1.54) is 39.4 Å². The number of sulfonamides is 1. The number of ether oxygens (including phenoxy) is 2. The van der Waals surface area contributed by atoms with Crippen molar-refractivity contribution >= 4 is 101 Å². The van der Waals surface area contributed by atoms with Gasteiger partial charge in [0, 0.05) is 124 Å². The number of amides is 5. The Labute approximate surface area is 662 Å². The molecule has 6 N–H and O–H groups in total. The largest absolute Gasteiger partial charge is 0.501 e. The van der Waals surface area contributed by atoms with E-state index < -0.39 is 100 Å². The number of rotatable bonds is 31. The minimum Gasteiger partial charge on any atom is -0.391 e. The molecule has 600 valence electrons. The summed E-state index contributed by atoms with van der Waals surface area (Å²) in [4.78, 5) is 82.4. The lowest BCUT2D eigenvalue weighted by Gasteiger charge is -2.47. The first-order chi connectivity index (χ1) is 52.7. The molecule has 6 aromatic rings. The van der Waals surface area contributed by atoms with Crippen molar-refractivity contribution in [2.24, 2.45) is 10.8 Å². The molecule has 0 spiro atoms. The quantitative estimate of drug-likeness (QED) is 0.0174. The standard InChI is InChI=1S/C80H101ClF3N11O12S4/c1-52(54-13-15-56(16-14-54)73-53(2)86-51-109-73)87-76(100)69-42-63(96)47-95(69)77(101)74(78(3,4)5)89-71(97)48-106-39-30-85-31-40-107-49-72(98)93-36-33-91(34-37-93)32-28-61(50-108-64-11-9-8-10-12-64)88-67-25-24-65(43-70(67)110(102,103)80(82,83)84)111(104,105)90-75(99)58-20-26-68-57(41-58)19-23-62-46-92(35-38-94(62)68)45-59-44-79(6,7)29-27-66(59)55-17-21-60(81)22-18-55/h8-18,20-22,24-26,41,43,51-52,61-63,69,74,85,88,96H,19,23,27-40,42,44-50H2,1-7H3,(H,87,100)(H,89,97)(H,90,99)/t52-,61+,62?,63+,69-,74+/m0/s1. The molecular formula is C80H101ClF3N11O12S4. The fourth-order valence-electron chi connectivity index (χ4n) is 15.1. The number of piperazine rings is 2. The first kappa shape index (κ1) is 84.4. The summed E-state index contributed by atoms with van der Waals surface area (Å²) < 4.78 is 112. The summed E-state index contributed by atoms with van der Waals surface area (Å²) >= 11 is 9.20. The van der Waals surface area contributed by atoms with Crippen LogP contribution in [0.4, 0.5) is 24.5 Å². The molecule has 5 heterocycles. The summed E-state index contributed by atoms with van der Waals surface area (Å²) in [5.41, 5.74) is 3.56. The molecule has 1 unspecified atom stereocenters. The number of nitrogens with one attached hydrogen (secondary N) is 5. The monoisotopic (exact) mass is 1630 g/mol. The van der Waals surface area contributed by atoms with Gasteiger partial charge in [-0.25, -0.2) is 26.5 Å². The normalized spacial score (nSPS) is 19.4. The molecule has 4 aliphatic heterocycles. The smallest absolute Gasteiger partial charge is 0.391 e. The fourth-order valence-corrected chi connectivity index (χ4v) is 19.1. The van der Waals surface area contributed by atoms with Crippen molar-refractivity contribution in [3.8, 4) is 10.4 Å². The Balaban J connectivity index is 0.617. The van der Waals surface area contributed by atoms with Crippen molar-refractivity contribution in [1.82, 2.24) is 45.3 Å². The average Bonchev–Trinajstić information content (AvgIpc) is 1.46. The van der Waals surface area contributed by atoms with Gasteiger partial charge in [-0.2, -0.15) is 13.2 Å². The second kappa shape index (κ2) is 36.8. The molecule has 0 saturated carbocycles. The van der Waals surface area contributed by atoms with E-state index in [9.17, 15) is 59.1 Å². The number of nitrogens with zero attached hydrogens (tertiary/aromatic N) is 6. The van der Waals surface area contributed by atoms with E-state index in [1.54, 1.807) is 54.7 Å². The van der Waals surface area contributed by atoms with Gasteiger partial charge in [0.25, 0.3) is 25.8 Å². The Hall–Kier alpha value is -7.49. The first-order valence-electron chi connectivity index (χ1n) is 37.7. The Morgan fingerprint density at radius 2 is 1.50 bits per heavy atom. The highest BCUT2D eigenvalue weighted by Gasteiger charge is 2.49. The highest BCUT2D eigenvalue weighted by atomic mass is 35.5. The number of hydrogen-bond acceptors (Lipinski definition) is 20. The van der Waals surface area contributed by atoms with Gasteiger partial charge in [0.05, 0.1) is 52.0 Å². The molecule has 3 saturated heterocycles. The summed E-state index contributed by atoms with van der Waals surface area (Å²) in [6.45, 7) is 19.5. The number of hydrogen-bond donors (Lipinski definition) is 6. The molecule has 3 fully saturated rings. The molecular weight excluding hydrogens is 1530 g/mol. The van der Waals surface area contributed by atoms with E-state index in [2.05, 4.69) is 66.9 Å². The predicted octanol–water partition coefficient (Wildman–Crippen LogP) is 10.4. The third-order valence-electron chi connectivity index (χ3n) is 21.3. The number of anilines is 2. The topological polar surface area (TPSA) is 282 Å². The number of carbonyl (C=O) groups is 5.